The van der Waals surface area contributed by atoms with E-state index in [1.165, 1.54) is 0 Å². The first-order chi connectivity index (χ1) is 14.4. The van der Waals surface area contributed by atoms with E-state index < -0.39 is 5.54 Å². The first-order valence-electron chi connectivity index (χ1n) is 10.1. The summed E-state index contributed by atoms with van der Waals surface area (Å²) in [5.74, 6) is -0.0390. The van der Waals surface area contributed by atoms with Crippen molar-refractivity contribution >= 4 is 34.2 Å². The smallest absolute Gasteiger partial charge is 0.248 e. The lowest BCUT2D eigenvalue weighted by molar-refractivity contribution is -0.163. The summed E-state index contributed by atoms with van der Waals surface area (Å²) >= 11 is 5.94. The Kier molecular flexibility index (Phi) is 5.52. The quantitative estimate of drug-likeness (QED) is 0.601. The zero-order valence-corrected chi connectivity index (χ0v) is 18.0. The lowest BCUT2D eigenvalue weighted by Gasteiger charge is -2.50. The summed E-state index contributed by atoms with van der Waals surface area (Å²) in [6.07, 6.45) is 0.981. The average molecular weight is 421 g/mol. The van der Waals surface area contributed by atoms with E-state index in [1.807, 2.05) is 61.5 Å². The summed E-state index contributed by atoms with van der Waals surface area (Å²) < 4.78 is 0. The van der Waals surface area contributed by atoms with Crippen LogP contribution in [-0.4, -0.2) is 40.7 Å². The van der Waals surface area contributed by atoms with Gasteiger partial charge in [0.05, 0.1) is 6.42 Å². The van der Waals surface area contributed by atoms with E-state index in [-0.39, 0.29) is 11.8 Å². The van der Waals surface area contributed by atoms with Gasteiger partial charge in [0, 0.05) is 25.2 Å². The van der Waals surface area contributed by atoms with E-state index in [9.17, 15) is 9.59 Å². The number of benzene rings is 3. The maximum absolute atomic E-state index is 13.2. The number of rotatable bonds is 5. The molecule has 0 N–H and O–H groups in total. The van der Waals surface area contributed by atoms with Crippen LogP contribution in [0, 0.1) is 0 Å². The van der Waals surface area contributed by atoms with Crippen LogP contribution in [0.4, 0.5) is 0 Å². The van der Waals surface area contributed by atoms with Crippen LogP contribution in [-0.2, 0) is 22.6 Å². The molecule has 0 bridgehead atoms. The molecule has 3 aromatic rings. The Morgan fingerprint density at radius 3 is 2.33 bits per heavy atom. The molecule has 2 amide bonds. The monoisotopic (exact) mass is 420 g/mol. The Hall–Kier alpha value is -2.85. The molecule has 1 saturated heterocycles. The van der Waals surface area contributed by atoms with Crippen molar-refractivity contribution in [1.29, 1.82) is 0 Å². The second-order valence-corrected chi connectivity index (χ2v) is 8.65. The van der Waals surface area contributed by atoms with Crippen molar-refractivity contribution in [3.8, 4) is 0 Å². The number of likely N-dealkylation sites (N-methyl/N-ethyl adjacent to an activating group) is 1. The van der Waals surface area contributed by atoms with Gasteiger partial charge < -0.3 is 9.80 Å². The van der Waals surface area contributed by atoms with Gasteiger partial charge in [-0.2, -0.15) is 0 Å². The predicted molar refractivity (Wildman–Crippen MR) is 120 cm³/mol. The number of amides is 2. The third-order valence-corrected chi connectivity index (χ3v) is 6.28. The molecule has 1 atom stereocenters. The predicted octanol–water partition coefficient (Wildman–Crippen LogP) is 4.69. The number of likely N-dealkylation sites (tertiary alicyclic amines) is 1. The maximum Gasteiger partial charge on any atom is 0.248 e. The second-order valence-electron chi connectivity index (χ2n) is 8.22. The molecule has 3 aromatic carbocycles. The summed E-state index contributed by atoms with van der Waals surface area (Å²) in [4.78, 5) is 29.6. The summed E-state index contributed by atoms with van der Waals surface area (Å²) in [6, 6.07) is 21.7. The van der Waals surface area contributed by atoms with E-state index in [4.69, 9.17) is 11.6 Å². The molecule has 154 valence electrons. The topological polar surface area (TPSA) is 40.6 Å². The summed E-state index contributed by atoms with van der Waals surface area (Å²) in [5.41, 5.74) is 1.19. The van der Waals surface area contributed by atoms with Crippen LogP contribution < -0.4 is 0 Å². The van der Waals surface area contributed by atoms with Crippen molar-refractivity contribution in [3.63, 3.8) is 0 Å². The molecular weight excluding hydrogens is 396 g/mol. The number of hydrogen-bond donors (Lipinski definition) is 0. The van der Waals surface area contributed by atoms with Gasteiger partial charge in [0.2, 0.25) is 11.8 Å². The van der Waals surface area contributed by atoms with E-state index in [0.29, 0.717) is 31.0 Å². The first kappa shape index (κ1) is 20.4. The molecule has 30 heavy (non-hydrogen) atoms. The number of hydrogen-bond acceptors (Lipinski definition) is 2. The van der Waals surface area contributed by atoms with Crippen LogP contribution in [0.25, 0.3) is 10.8 Å². The minimum absolute atomic E-state index is 0.00715. The Labute approximate surface area is 182 Å². The molecule has 1 aliphatic heterocycles. The summed E-state index contributed by atoms with van der Waals surface area (Å²) in [6.45, 7) is 2.97. The van der Waals surface area contributed by atoms with Gasteiger partial charge in [0.25, 0.3) is 0 Å². The number of nitrogens with zero attached hydrogens (tertiary/aromatic N) is 2. The number of fused-ring (bicyclic) bond motifs is 1. The van der Waals surface area contributed by atoms with Crippen LogP contribution in [0.2, 0.25) is 5.02 Å². The Balaban J connectivity index is 1.44. The lowest BCUT2D eigenvalue weighted by atomic mass is 9.84. The van der Waals surface area contributed by atoms with Gasteiger partial charge in [0.15, 0.2) is 0 Å². The van der Waals surface area contributed by atoms with Gasteiger partial charge >= 0.3 is 0 Å². The lowest BCUT2D eigenvalue weighted by Crippen LogP contribution is -2.67. The largest absolute Gasteiger partial charge is 0.339 e. The van der Waals surface area contributed by atoms with E-state index in [2.05, 4.69) is 12.1 Å². The molecule has 0 aromatic heterocycles. The number of halogens is 1. The molecule has 0 saturated carbocycles. The van der Waals surface area contributed by atoms with Crippen molar-refractivity contribution in [2.75, 3.05) is 13.6 Å². The maximum atomic E-state index is 13.2. The van der Waals surface area contributed by atoms with Gasteiger partial charge in [-0.1, -0.05) is 66.2 Å². The molecule has 4 rings (SSSR count). The molecular formula is C25H25ClN2O2. The average Bonchev–Trinajstić information content (AvgIpc) is 2.73. The number of carbonyl (C=O) groups is 2. The van der Waals surface area contributed by atoms with Crippen molar-refractivity contribution in [2.24, 2.45) is 0 Å². The number of carbonyl (C=O) groups excluding carboxylic acids is 2. The highest BCUT2D eigenvalue weighted by Crippen LogP contribution is 2.33. The highest BCUT2D eigenvalue weighted by atomic mass is 35.5. The first-order valence-corrected chi connectivity index (χ1v) is 10.5. The minimum Gasteiger partial charge on any atom is -0.339 e. The molecule has 4 nitrogen and oxygen atoms in total. The third kappa shape index (κ3) is 3.92. The van der Waals surface area contributed by atoms with Crippen LogP contribution in [0.3, 0.4) is 0 Å². The van der Waals surface area contributed by atoms with Crippen LogP contribution >= 0.6 is 11.6 Å². The Morgan fingerprint density at radius 1 is 1.00 bits per heavy atom. The fraction of sp³-hybridized carbons (Fsp3) is 0.280. The van der Waals surface area contributed by atoms with E-state index in [0.717, 1.165) is 21.9 Å². The van der Waals surface area contributed by atoms with Crippen LogP contribution in [0.1, 0.15) is 24.5 Å². The van der Waals surface area contributed by atoms with E-state index in [1.54, 1.807) is 16.8 Å². The third-order valence-electron chi connectivity index (χ3n) is 6.03. The fourth-order valence-electron chi connectivity index (χ4n) is 4.15. The molecule has 1 unspecified atom stereocenters. The van der Waals surface area contributed by atoms with Crippen molar-refractivity contribution in [3.05, 3.63) is 82.9 Å². The van der Waals surface area contributed by atoms with E-state index >= 15 is 0 Å². The van der Waals surface area contributed by atoms with Gasteiger partial charge in [0.1, 0.15) is 5.54 Å². The standard InChI is InChI=1S/C25H25ClN2O2/c1-25(24(30)27(2)17-18-8-11-22(26)12-9-18)13-14-28(25)23(29)16-19-7-10-20-5-3-4-6-21(20)15-19/h3-12,15H,13-14,16-17H2,1-2H3. The minimum atomic E-state index is -0.783. The fourth-order valence-corrected chi connectivity index (χ4v) is 4.27. The Bertz CT molecular complexity index is 1100. The highest BCUT2D eigenvalue weighted by Gasteiger charge is 2.50. The zero-order chi connectivity index (χ0) is 21.3. The molecule has 1 heterocycles. The van der Waals surface area contributed by atoms with Gasteiger partial charge in [-0.3, -0.25) is 9.59 Å². The molecule has 1 fully saturated rings. The molecule has 1 aliphatic rings. The van der Waals surface area contributed by atoms with Crippen molar-refractivity contribution in [2.45, 2.75) is 31.8 Å². The van der Waals surface area contributed by atoms with Crippen LogP contribution in [0.5, 0.6) is 0 Å². The van der Waals surface area contributed by atoms with Crippen LogP contribution in [0.15, 0.2) is 66.7 Å². The Morgan fingerprint density at radius 2 is 1.67 bits per heavy atom. The molecule has 5 heteroatoms. The van der Waals surface area contributed by atoms with Crippen molar-refractivity contribution in [1.82, 2.24) is 9.80 Å². The zero-order valence-electron chi connectivity index (χ0n) is 17.3. The van der Waals surface area contributed by atoms with Crippen molar-refractivity contribution < 1.29 is 9.59 Å². The SMILES string of the molecule is CN(Cc1ccc(Cl)cc1)C(=O)C1(C)CCN1C(=O)Cc1ccc2ccccc2c1. The highest BCUT2D eigenvalue weighted by molar-refractivity contribution is 6.30. The summed E-state index contributed by atoms with van der Waals surface area (Å²) in [5, 5.41) is 2.94. The van der Waals surface area contributed by atoms with Gasteiger partial charge in [-0.15, -0.1) is 0 Å². The summed E-state index contributed by atoms with van der Waals surface area (Å²) in [7, 11) is 1.78. The van der Waals surface area contributed by atoms with Gasteiger partial charge in [-0.25, -0.2) is 0 Å². The van der Waals surface area contributed by atoms with Gasteiger partial charge in [-0.05, 0) is 47.4 Å². The molecule has 0 spiro atoms. The normalized spacial score (nSPS) is 18.2. The molecule has 0 aliphatic carbocycles. The second kappa shape index (κ2) is 8.11. The molecule has 0 radical (unpaired) electrons.